The second kappa shape index (κ2) is 9.09. The predicted molar refractivity (Wildman–Crippen MR) is 118 cm³/mol. The lowest BCUT2D eigenvalue weighted by Gasteiger charge is -2.50. The normalized spacial score (nSPS) is 26.9. The molecular weight excluding hydrogens is 398 g/mol. The van der Waals surface area contributed by atoms with Crippen molar-refractivity contribution in [3.8, 4) is 0 Å². The number of ether oxygens (including phenoxy) is 2. The van der Waals surface area contributed by atoms with Gasteiger partial charge in [-0.1, -0.05) is 67.9 Å². The third kappa shape index (κ3) is 4.72. The van der Waals surface area contributed by atoms with Gasteiger partial charge in [0, 0.05) is 11.6 Å². The number of carbonyl (C=O) groups excluding carboxylic acids is 1. The third-order valence-electron chi connectivity index (χ3n) is 6.35. The first-order chi connectivity index (χ1) is 14.5. The van der Waals surface area contributed by atoms with Gasteiger partial charge in [0.1, 0.15) is 5.60 Å². The highest BCUT2D eigenvalue weighted by atomic mass is 35.5. The molecule has 0 aliphatic carbocycles. The van der Waals surface area contributed by atoms with E-state index in [0.717, 1.165) is 12.0 Å². The summed E-state index contributed by atoms with van der Waals surface area (Å²) in [6, 6.07) is 18.0. The molecule has 5 heteroatoms. The van der Waals surface area contributed by atoms with Gasteiger partial charge in [-0.25, -0.2) is 0 Å². The van der Waals surface area contributed by atoms with Crippen LogP contribution in [0.15, 0.2) is 54.6 Å². The van der Waals surface area contributed by atoms with Crippen LogP contribution in [0, 0.1) is 11.8 Å². The van der Waals surface area contributed by atoms with Gasteiger partial charge in [0.15, 0.2) is 0 Å². The van der Waals surface area contributed by atoms with Crippen molar-refractivity contribution in [3.63, 3.8) is 0 Å². The fraction of sp³-hybridized carbons (Fsp3) is 0.480. The quantitative estimate of drug-likeness (QED) is 0.695. The van der Waals surface area contributed by atoms with E-state index in [0.29, 0.717) is 49.6 Å². The Morgan fingerprint density at radius 2 is 2.00 bits per heavy atom. The van der Waals surface area contributed by atoms with Crippen LogP contribution in [0.2, 0.25) is 5.02 Å². The zero-order valence-corrected chi connectivity index (χ0v) is 18.5. The number of hydrogen-bond donors (Lipinski definition) is 0. The molecule has 4 rings (SSSR count). The van der Waals surface area contributed by atoms with Gasteiger partial charge < -0.3 is 14.4 Å². The maximum atomic E-state index is 13.0. The number of rotatable bonds is 4. The molecule has 0 saturated carbocycles. The van der Waals surface area contributed by atoms with Crippen LogP contribution in [-0.4, -0.2) is 42.7 Å². The summed E-state index contributed by atoms with van der Waals surface area (Å²) in [5, 5.41) is 0.658. The molecule has 2 aromatic carbocycles. The van der Waals surface area contributed by atoms with E-state index in [4.69, 9.17) is 21.1 Å². The number of benzene rings is 2. The van der Waals surface area contributed by atoms with E-state index in [1.54, 1.807) is 0 Å². The number of halogens is 1. The summed E-state index contributed by atoms with van der Waals surface area (Å²) < 4.78 is 12.7. The molecule has 4 nitrogen and oxygen atoms in total. The second-order valence-corrected chi connectivity index (χ2v) is 9.34. The van der Waals surface area contributed by atoms with E-state index in [1.165, 1.54) is 5.56 Å². The van der Waals surface area contributed by atoms with Crippen LogP contribution in [0.4, 0.5) is 0 Å². The van der Waals surface area contributed by atoms with E-state index in [1.807, 2.05) is 35.2 Å². The van der Waals surface area contributed by atoms with Gasteiger partial charge in [-0.05, 0) is 41.5 Å². The summed E-state index contributed by atoms with van der Waals surface area (Å²) in [4.78, 5) is 14.9. The Hall–Kier alpha value is -1.88. The smallest absolute Gasteiger partial charge is 0.227 e. The fourth-order valence-electron chi connectivity index (χ4n) is 4.73. The van der Waals surface area contributed by atoms with Crippen molar-refractivity contribution in [3.05, 3.63) is 70.7 Å². The largest absolute Gasteiger partial charge is 0.370 e. The molecule has 2 aliphatic rings. The lowest BCUT2D eigenvalue weighted by molar-refractivity contribution is -0.210. The van der Waals surface area contributed by atoms with Crippen molar-refractivity contribution in [2.24, 2.45) is 11.8 Å². The van der Waals surface area contributed by atoms with Gasteiger partial charge in [0.05, 0.1) is 32.3 Å². The minimum atomic E-state index is -0.428. The van der Waals surface area contributed by atoms with Crippen molar-refractivity contribution in [2.75, 3.05) is 26.3 Å². The number of amides is 1. The predicted octanol–water partition coefficient (Wildman–Crippen LogP) is 4.91. The lowest BCUT2D eigenvalue weighted by atomic mass is 9.75. The van der Waals surface area contributed by atoms with Crippen molar-refractivity contribution in [1.29, 1.82) is 0 Å². The number of nitrogens with zero attached hydrogens (tertiary/aromatic N) is 1. The molecule has 0 bridgehead atoms. The molecular formula is C25H30ClNO3. The Bertz CT molecular complexity index is 872. The zero-order chi connectivity index (χ0) is 21.1. The van der Waals surface area contributed by atoms with Gasteiger partial charge in [-0.2, -0.15) is 0 Å². The Labute approximate surface area is 184 Å². The maximum Gasteiger partial charge on any atom is 0.227 e. The highest BCUT2D eigenvalue weighted by molar-refractivity contribution is 6.30. The minimum absolute atomic E-state index is 0.0676. The molecule has 0 radical (unpaired) electrons. The van der Waals surface area contributed by atoms with Crippen LogP contribution in [0.25, 0.3) is 0 Å². The van der Waals surface area contributed by atoms with Crippen LogP contribution in [-0.2, 0) is 20.7 Å². The Morgan fingerprint density at radius 1 is 1.20 bits per heavy atom. The first-order valence-electron chi connectivity index (χ1n) is 10.8. The van der Waals surface area contributed by atoms with E-state index >= 15 is 0 Å². The molecule has 160 valence electrons. The van der Waals surface area contributed by atoms with Crippen molar-refractivity contribution in [1.82, 2.24) is 4.90 Å². The van der Waals surface area contributed by atoms with Gasteiger partial charge in [0.2, 0.25) is 5.91 Å². The van der Waals surface area contributed by atoms with Gasteiger partial charge >= 0.3 is 0 Å². The van der Waals surface area contributed by atoms with Gasteiger partial charge in [-0.3, -0.25) is 4.79 Å². The molecule has 2 aromatic rings. The van der Waals surface area contributed by atoms with Crippen molar-refractivity contribution < 1.29 is 14.3 Å². The molecule has 2 fully saturated rings. The summed E-state index contributed by atoms with van der Waals surface area (Å²) in [7, 11) is 0. The molecule has 2 saturated heterocycles. The topological polar surface area (TPSA) is 38.8 Å². The third-order valence-corrected chi connectivity index (χ3v) is 6.59. The van der Waals surface area contributed by atoms with Gasteiger partial charge in [0.25, 0.3) is 0 Å². The summed E-state index contributed by atoms with van der Waals surface area (Å²) >= 11 is 6.08. The molecule has 2 heterocycles. The van der Waals surface area contributed by atoms with Crippen molar-refractivity contribution in [2.45, 2.75) is 38.4 Å². The van der Waals surface area contributed by atoms with Crippen LogP contribution in [0.1, 0.15) is 37.5 Å². The van der Waals surface area contributed by atoms with Crippen LogP contribution in [0.5, 0.6) is 0 Å². The summed E-state index contributed by atoms with van der Waals surface area (Å²) in [6.45, 7) is 6.75. The maximum absolute atomic E-state index is 13.0. The Morgan fingerprint density at radius 3 is 2.73 bits per heavy atom. The number of hydrogen-bond acceptors (Lipinski definition) is 3. The van der Waals surface area contributed by atoms with Crippen molar-refractivity contribution >= 4 is 17.5 Å². The molecule has 0 N–H and O–H groups in total. The molecule has 2 aliphatic heterocycles. The summed E-state index contributed by atoms with van der Waals surface area (Å²) in [6.07, 6.45) is 1.32. The monoisotopic (exact) mass is 427 g/mol. The highest BCUT2D eigenvalue weighted by Crippen LogP contribution is 2.44. The Kier molecular flexibility index (Phi) is 6.47. The molecule has 0 aromatic heterocycles. The minimum Gasteiger partial charge on any atom is -0.370 e. The molecule has 0 unspecified atom stereocenters. The standard InChI is InChI=1S/C25H30ClNO3/c1-18(2)22-15-25(17-29-24(22)20-8-4-3-5-9-20)16-27(11-12-30-25)23(28)14-19-7-6-10-21(26)13-19/h3-10,13,18,22,24H,11-12,14-17H2,1-2H3/t22-,24-,25-/m0/s1. The molecule has 1 spiro atoms. The van der Waals surface area contributed by atoms with E-state index in [2.05, 4.69) is 38.1 Å². The van der Waals surface area contributed by atoms with Crippen LogP contribution in [0.3, 0.4) is 0 Å². The second-order valence-electron chi connectivity index (χ2n) is 8.91. The molecule has 1 amide bonds. The van der Waals surface area contributed by atoms with Gasteiger partial charge in [-0.15, -0.1) is 0 Å². The average molecular weight is 428 g/mol. The average Bonchev–Trinajstić information content (AvgIpc) is 2.74. The zero-order valence-electron chi connectivity index (χ0n) is 17.7. The van der Waals surface area contributed by atoms with E-state index < -0.39 is 5.60 Å². The highest BCUT2D eigenvalue weighted by Gasteiger charge is 2.47. The summed E-state index contributed by atoms with van der Waals surface area (Å²) in [5.74, 6) is 0.906. The molecule has 30 heavy (non-hydrogen) atoms. The van der Waals surface area contributed by atoms with Crippen LogP contribution < -0.4 is 0 Å². The van der Waals surface area contributed by atoms with E-state index in [-0.39, 0.29) is 12.0 Å². The van der Waals surface area contributed by atoms with Crippen LogP contribution >= 0.6 is 11.6 Å². The number of carbonyl (C=O) groups is 1. The van der Waals surface area contributed by atoms with E-state index in [9.17, 15) is 4.79 Å². The lowest BCUT2D eigenvalue weighted by Crippen LogP contribution is -2.59. The SMILES string of the molecule is CC(C)[C@@H]1C[C@@]2(CO[C@H]1c1ccccc1)CN(C(=O)Cc1cccc(Cl)c1)CCO2. The first-order valence-corrected chi connectivity index (χ1v) is 11.2. The summed E-state index contributed by atoms with van der Waals surface area (Å²) in [5.41, 5.74) is 1.73. The first kappa shape index (κ1) is 21.4. The molecule has 3 atom stereocenters. The number of morpholine rings is 1. The Balaban J connectivity index is 1.47. The fourth-order valence-corrected chi connectivity index (χ4v) is 4.95.